The van der Waals surface area contributed by atoms with Gasteiger partial charge in [-0.15, -0.1) is 21.5 Å². The van der Waals surface area contributed by atoms with Crippen molar-refractivity contribution in [3.05, 3.63) is 53.9 Å². The first-order valence-corrected chi connectivity index (χ1v) is 8.23. The molecule has 1 aromatic carbocycles. The summed E-state index contributed by atoms with van der Waals surface area (Å²) in [5.74, 6) is 0.620. The molecule has 6 nitrogen and oxygen atoms in total. The van der Waals surface area contributed by atoms with Gasteiger partial charge in [0.05, 0.1) is 10.6 Å². The van der Waals surface area contributed by atoms with E-state index in [4.69, 9.17) is 0 Å². The van der Waals surface area contributed by atoms with Gasteiger partial charge in [0.2, 0.25) is 5.91 Å². The number of nitrogens with one attached hydrogen (secondary N) is 1. The third kappa shape index (κ3) is 2.65. The quantitative estimate of drug-likeness (QED) is 0.622. The zero-order valence-corrected chi connectivity index (χ0v) is 13.6. The van der Waals surface area contributed by atoms with Gasteiger partial charge in [0.15, 0.2) is 11.5 Å². The van der Waals surface area contributed by atoms with Crippen LogP contribution in [0.25, 0.3) is 27.6 Å². The molecule has 24 heavy (non-hydrogen) atoms. The fourth-order valence-electron chi connectivity index (χ4n) is 2.46. The number of fused-ring (bicyclic) bond motifs is 1. The molecule has 0 saturated carbocycles. The number of nitrogens with zero attached hydrogens (tertiary/aromatic N) is 4. The minimum Gasteiger partial charge on any atom is -0.326 e. The molecule has 118 valence electrons. The van der Waals surface area contributed by atoms with E-state index < -0.39 is 0 Å². The predicted molar refractivity (Wildman–Crippen MR) is 93.8 cm³/mol. The normalized spacial score (nSPS) is 10.9. The monoisotopic (exact) mass is 335 g/mol. The van der Waals surface area contributed by atoms with Crippen LogP contribution in [0.2, 0.25) is 0 Å². The zero-order chi connectivity index (χ0) is 16.5. The Balaban J connectivity index is 1.80. The number of amides is 1. The molecule has 0 fully saturated rings. The number of rotatable bonds is 3. The number of hydrogen-bond acceptors (Lipinski definition) is 5. The maximum absolute atomic E-state index is 11.2. The van der Waals surface area contributed by atoms with Gasteiger partial charge in [-0.25, -0.2) is 0 Å². The molecule has 4 rings (SSSR count). The van der Waals surface area contributed by atoms with Gasteiger partial charge in [-0.1, -0.05) is 18.2 Å². The molecule has 0 spiro atoms. The Kier molecular flexibility index (Phi) is 3.55. The zero-order valence-electron chi connectivity index (χ0n) is 12.8. The van der Waals surface area contributed by atoms with Gasteiger partial charge in [0, 0.05) is 18.2 Å². The average molecular weight is 335 g/mol. The lowest BCUT2D eigenvalue weighted by molar-refractivity contribution is -0.114. The Hall–Kier alpha value is -3.06. The van der Waals surface area contributed by atoms with Crippen LogP contribution < -0.4 is 5.32 Å². The van der Waals surface area contributed by atoms with Crippen LogP contribution in [-0.2, 0) is 4.79 Å². The van der Waals surface area contributed by atoms with Crippen molar-refractivity contribution >= 4 is 28.6 Å². The number of aromatic nitrogens is 4. The van der Waals surface area contributed by atoms with Gasteiger partial charge in [-0.05, 0) is 35.7 Å². The fourth-order valence-corrected chi connectivity index (χ4v) is 3.16. The Labute approximate surface area is 141 Å². The van der Waals surface area contributed by atoms with Crippen LogP contribution in [0.4, 0.5) is 5.69 Å². The lowest BCUT2D eigenvalue weighted by Gasteiger charge is -2.06. The first-order chi connectivity index (χ1) is 11.7. The van der Waals surface area contributed by atoms with E-state index in [1.165, 1.54) is 6.92 Å². The van der Waals surface area contributed by atoms with Crippen molar-refractivity contribution < 1.29 is 4.79 Å². The second-order valence-electron chi connectivity index (χ2n) is 5.25. The summed E-state index contributed by atoms with van der Waals surface area (Å²) in [5, 5.41) is 17.8. The summed E-state index contributed by atoms with van der Waals surface area (Å²) >= 11 is 1.60. The summed E-state index contributed by atoms with van der Waals surface area (Å²) in [4.78, 5) is 12.2. The summed E-state index contributed by atoms with van der Waals surface area (Å²) in [5.41, 5.74) is 3.13. The van der Waals surface area contributed by atoms with E-state index in [9.17, 15) is 4.79 Å². The predicted octanol–water partition coefficient (Wildman–Crippen LogP) is 3.48. The molecule has 1 amide bonds. The largest absolute Gasteiger partial charge is 0.326 e. The van der Waals surface area contributed by atoms with Gasteiger partial charge >= 0.3 is 0 Å². The summed E-state index contributed by atoms with van der Waals surface area (Å²) in [6, 6.07) is 15.3. The third-order valence-corrected chi connectivity index (χ3v) is 4.35. The van der Waals surface area contributed by atoms with Crippen molar-refractivity contribution in [2.45, 2.75) is 6.92 Å². The summed E-state index contributed by atoms with van der Waals surface area (Å²) in [7, 11) is 0. The number of carbonyl (C=O) groups is 1. The highest BCUT2D eigenvalue weighted by Crippen LogP contribution is 2.25. The van der Waals surface area contributed by atoms with E-state index in [-0.39, 0.29) is 5.91 Å². The van der Waals surface area contributed by atoms with E-state index >= 15 is 0 Å². The highest BCUT2D eigenvalue weighted by atomic mass is 32.1. The molecule has 0 aliphatic rings. The molecule has 1 N–H and O–H groups in total. The number of benzene rings is 1. The molecule has 0 bridgehead atoms. The van der Waals surface area contributed by atoms with E-state index in [0.29, 0.717) is 5.65 Å². The van der Waals surface area contributed by atoms with E-state index in [1.807, 2.05) is 53.9 Å². The van der Waals surface area contributed by atoms with Crippen LogP contribution in [0.1, 0.15) is 6.92 Å². The van der Waals surface area contributed by atoms with Crippen LogP contribution in [0.5, 0.6) is 0 Å². The minimum atomic E-state index is -0.102. The van der Waals surface area contributed by atoms with Gasteiger partial charge in [-0.3, -0.25) is 4.79 Å². The SMILES string of the molecule is CC(=O)Nc1cccc(-c2ccc3nnc(-c4cccs4)n3n2)c1. The Morgan fingerprint density at radius 3 is 2.83 bits per heavy atom. The van der Waals surface area contributed by atoms with Crippen LogP contribution in [0.15, 0.2) is 53.9 Å². The summed E-state index contributed by atoms with van der Waals surface area (Å²) < 4.78 is 1.74. The molecular formula is C17H13N5OS. The molecule has 7 heteroatoms. The summed E-state index contributed by atoms with van der Waals surface area (Å²) in [6.45, 7) is 1.49. The van der Waals surface area contributed by atoms with Crippen molar-refractivity contribution in [1.29, 1.82) is 0 Å². The van der Waals surface area contributed by atoms with Gasteiger partial charge in [0.25, 0.3) is 0 Å². The highest BCUT2D eigenvalue weighted by molar-refractivity contribution is 7.13. The minimum absolute atomic E-state index is 0.102. The highest BCUT2D eigenvalue weighted by Gasteiger charge is 2.11. The van der Waals surface area contributed by atoms with Crippen LogP contribution in [-0.4, -0.2) is 25.7 Å². The first-order valence-electron chi connectivity index (χ1n) is 7.35. The van der Waals surface area contributed by atoms with Gasteiger partial charge in [-0.2, -0.15) is 9.61 Å². The second kappa shape index (κ2) is 5.86. The lowest BCUT2D eigenvalue weighted by atomic mass is 10.1. The van der Waals surface area contributed by atoms with Crippen LogP contribution in [0.3, 0.4) is 0 Å². The fraction of sp³-hybridized carbons (Fsp3) is 0.0588. The molecular weight excluding hydrogens is 322 g/mol. The van der Waals surface area contributed by atoms with Gasteiger partial charge < -0.3 is 5.32 Å². The van der Waals surface area contributed by atoms with Crippen molar-refractivity contribution in [1.82, 2.24) is 19.8 Å². The van der Waals surface area contributed by atoms with Crippen LogP contribution >= 0.6 is 11.3 Å². The Morgan fingerprint density at radius 2 is 2.04 bits per heavy atom. The molecule has 0 aliphatic heterocycles. The number of carbonyl (C=O) groups excluding carboxylic acids is 1. The van der Waals surface area contributed by atoms with E-state index in [2.05, 4.69) is 20.6 Å². The molecule has 0 atom stereocenters. The third-order valence-electron chi connectivity index (χ3n) is 3.48. The van der Waals surface area contributed by atoms with E-state index in [1.54, 1.807) is 15.9 Å². The van der Waals surface area contributed by atoms with Crippen molar-refractivity contribution in [3.63, 3.8) is 0 Å². The topological polar surface area (TPSA) is 72.2 Å². The number of anilines is 1. The molecule has 0 saturated heterocycles. The smallest absolute Gasteiger partial charge is 0.221 e. The summed E-state index contributed by atoms with van der Waals surface area (Å²) in [6.07, 6.45) is 0. The second-order valence-corrected chi connectivity index (χ2v) is 6.20. The molecule has 0 aliphatic carbocycles. The Bertz CT molecular complexity index is 1020. The number of thiophene rings is 1. The maximum atomic E-state index is 11.2. The Morgan fingerprint density at radius 1 is 1.12 bits per heavy atom. The van der Waals surface area contributed by atoms with Crippen molar-refractivity contribution in [2.24, 2.45) is 0 Å². The molecule has 3 aromatic heterocycles. The van der Waals surface area contributed by atoms with Crippen LogP contribution in [0, 0.1) is 0 Å². The molecule has 0 unspecified atom stereocenters. The molecule has 4 aromatic rings. The van der Waals surface area contributed by atoms with Gasteiger partial charge in [0.1, 0.15) is 0 Å². The average Bonchev–Trinajstić information content (AvgIpc) is 3.23. The molecule has 0 radical (unpaired) electrons. The van der Waals surface area contributed by atoms with Crippen molar-refractivity contribution in [2.75, 3.05) is 5.32 Å². The molecule has 3 heterocycles. The maximum Gasteiger partial charge on any atom is 0.221 e. The standard InChI is InChI=1S/C17H13N5OS/c1-11(23)18-13-5-2-4-12(10-13)14-7-8-16-19-20-17(22(16)21-14)15-6-3-9-24-15/h2-10H,1H3,(H,18,23). The number of hydrogen-bond donors (Lipinski definition) is 1. The van der Waals surface area contributed by atoms with Crippen molar-refractivity contribution in [3.8, 4) is 22.0 Å². The first kappa shape index (κ1) is 14.5. The van der Waals surface area contributed by atoms with E-state index in [0.717, 1.165) is 27.6 Å². The lowest BCUT2D eigenvalue weighted by Crippen LogP contribution is -2.05.